The molecule has 1 amide bonds. The molecule has 7 unspecified atom stereocenters. The summed E-state index contributed by atoms with van der Waals surface area (Å²) in [6, 6.07) is -0.717. The Morgan fingerprint density at radius 2 is 0.889 bits per heavy atom. The lowest BCUT2D eigenvalue weighted by Gasteiger charge is -2.40. The van der Waals surface area contributed by atoms with Crippen molar-refractivity contribution in [3.8, 4) is 0 Å². The van der Waals surface area contributed by atoms with Crippen molar-refractivity contribution in [3.05, 3.63) is 12.2 Å². The molecule has 0 spiro atoms. The van der Waals surface area contributed by atoms with E-state index in [1.807, 2.05) is 0 Å². The third-order valence-electron chi connectivity index (χ3n) is 13.4. The van der Waals surface area contributed by atoms with Gasteiger partial charge in [-0.25, -0.2) is 0 Å². The Labute approximate surface area is 388 Å². The van der Waals surface area contributed by atoms with E-state index in [0.29, 0.717) is 12.8 Å². The number of amides is 1. The van der Waals surface area contributed by atoms with Crippen molar-refractivity contribution in [2.75, 3.05) is 13.2 Å². The lowest BCUT2D eigenvalue weighted by Crippen LogP contribution is -2.60. The van der Waals surface area contributed by atoms with Gasteiger partial charge in [-0.05, 0) is 38.5 Å². The second-order valence-corrected chi connectivity index (χ2v) is 19.4. The average molecular weight is 896 g/mol. The van der Waals surface area contributed by atoms with Crippen LogP contribution >= 0.6 is 0 Å². The highest BCUT2D eigenvalue weighted by Crippen LogP contribution is 2.23. The lowest BCUT2D eigenvalue weighted by molar-refractivity contribution is -0.302. The van der Waals surface area contributed by atoms with E-state index in [1.165, 1.54) is 205 Å². The topological polar surface area (TPSA) is 149 Å². The van der Waals surface area contributed by atoms with Gasteiger partial charge in [0.25, 0.3) is 0 Å². The molecule has 63 heavy (non-hydrogen) atoms. The zero-order valence-electron chi connectivity index (χ0n) is 41.4. The molecule has 1 fully saturated rings. The van der Waals surface area contributed by atoms with Gasteiger partial charge in [-0.3, -0.25) is 4.79 Å². The molecule has 6 N–H and O–H groups in total. The highest BCUT2D eigenvalue weighted by molar-refractivity contribution is 5.76. The number of hydrogen-bond acceptors (Lipinski definition) is 8. The van der Waals surface area contributed by atoms with E-state index in [9.17, 15) is 30.3 Å². The molecule has 7 atom stereocenters. The maximum Gasteiger partial charge on any atom is 0.220 e. The second-order valence-electron chi connectivity index (χ2n) is 19.4. The van der Waals surface area contributed by atoms with Crippen LogP contribution in [0.3, 0.4) is 0 Å². The van der Waals surface area contributed by atoms with Crippen molar-refractivity contribution in [1.29, 1.82) is 0 Å². The lowest BCUT2D eigenvalue weighted by atomic mass is 9.99. The van der Waals surface area contributed by atoms with Gasteiger partial charge < -0.3 is 40.3 Å². The van der Waals surface area contributed by atoms with Crippen LogP contribution in [0.5, 0.6) is 0 Å². The van der Waals surface area contributed by atoms with Gasteiger partial charge in [0, 0.05) is 6.42 Å². The molecule has 9 nitrogen and oxygen atoms in total. The van der Waals surface area contributed by atoms with E-state index in [-0.39, 0.29) is 12.5 Å². The Morgan fingerprint density at radius 1 is 0.524 bits per heavy atom. The maximum absolute atomic E-state index is 13.0. The van der Waals surface area contributed by atoms with Crippen molar-refractivity contribution in [2.24, 2.45) is 0 Å². The fourth-order valence-corrected chi connectivity index (χ4v) is 8.98. The SMILES string of the molecule is CCCCCCCCCCCCCC/C=C\CCCCCCCCCCC(=O)NC(COC1OC(CO)C(O)C(O)C1O)C(O)CCCCCCCCCCCCCCCCCC. The van der Waals surface area contributed by atoms with E-state index < -0.39 is 49.5 Å². The van der Waals surface area contributed by atoms with Gasteiger partial charge in [0.2, 0.25) is 5.91 Å². The number of allylic oxidation sites excluding steroid dienone is 2. The molecule has 1 aliphatic rings. The predicted molar refractivity (Wildman–Crippen MR) is 263 cm³/mol. The first-order valence-corrected chi connectivity index (χ1v) is 27.4. The summed E-state index contributed by atoms with van der Waals surface area (Å²) in [6.45, 7) is 3.87. The summed E-state index contributed by atoms with van der Waals surface area (Å²) in [7, 11) is 0. The molecule has 0 aromatic rings. The Bertz CT molecular complexity index is 997. The molecule has 1 saturated heterocycles. The van der Waals surface area contributed by atoms with E-state index in [1.54, 1.807) is 0 Å². The molecule has 0 bridgehead atoms. The molecule has 0 aliphatic carbocycles. The first kappa shape index (κ1) is 59.9. The summed E-state index contributed by atoms with van der Waals surface area (Å²) in [5.74, 6) is -0.143. The molecule has 374 valence electrons. The van der Waals surface area contributed by atoms with E-state index in [0.717, 1.165) is 38.5 Å². The van der Waals surface area contributed by atoms with Gasteiger partial charge in [-0.2, -0.15) is 0 Å². The van der Waals surface area contributed by atoms with Gasteiger partial charge in [-0.15, -0.1) is 0 Å². The first-order chi connectivity index (χ1) is 30.8. The van der Waals surface area contributed by atoms with Crippen molar-refractivity contribution < 1.29 is 39.8 Å². The smallest absolute Gasteiger partial charge is 0.220 e. The minimum Gasteiger partial charge on any atom is -0.394 e. The number of carbonyl (C=O) groups is 1. The summed E-state index contributed by atoms with van der Waals surface area (Å²) in [5.41, 5.74) is 0. The molecule has 0 saturated carbocycles. The second kappa shape index (κ2) is 44.7. The monoisotopic (exact) mass is 896 g/mol. The summed E-state index contributed by atoms with van der Waals surface area (Å²) < 4.78 is 11.3. The highest BCUT2D eigenvalue weighted by Gasteiger charge is 2.44. The molecule has 1 aliphatic heterocycles. The van der Waals surface area contributed by atoms with Crippen LogP contribution in [0.4, 0.5) is 0 Å². The average Bonchev–Trinajstić information content (AvgIpc) is 3.28. The number of carbonyl (C=O) groups excluding carboxylic acids is 1. The number of hydrogen-bond donors (Lipinski definition) is 6. The van der Waals surface area contributed by atoms with Crippen molar-refractivity contribution >= 4 is 5.91 Å². The fourth-order valence-electron chi connectivity index (χ4n) is 8.98. The van der Waals surface area contributed by atoms with Crippen LogP contribution in [0.25, 0.3) is 0 Å². The number of nitrogens with one attached hydrogen (secondary N) is 1. The Hall–Kier alpha value is -1.07. The molecule has 0 radical (unpaired) electrons. The maximum atomic E-state index is 13.0. The van der Waals surface area contributed by atoms with Crippen LogP contribution in [0.15, 0.2) is 12.2 Å². The molecule has 9 heteroatoms. The number of unbranched alkanes of at least 4 members (excludes halogenated alkanes) is 35. The summed E-state index contributed by atoms with van der Waals surface area (Å²) >= 11 is 0. The van der Waals surface area contributed by atoms with E-state index >= 15 is 0 Å². The van der Waals surface area contributed by atoms with Crippen LogP contribution in [0.2, 0.25) is 0 Å². The van der Waals surface area contributed by atoms with Gasteiger partial charge in [0.05, 0.1) is 25.4 Å². The first-order valence-electron chi connectivity index (χ1n) is 27.4. The number of ether oxygens (including phenoxy) is 2. The van der Waals surface area contributed by atoms with E-state index in [4.69, 9.17) is 9.47 Å². The number of rotatable bonds is 47. The van der Waals surface area contributed by atoms with Crippen LogP contribution in [0.1, 0.15) is 271 Å². The van der Waals surface area contributed by atoms with Crippen molar-refractivity contribution in [3.63, 3.8) is 0 Å². The summed E-state index contributed by atoms with van der Waals surface area (Å²) in [4.78, 5) is 13.0. The Morgan fingerprint density at radius 3 is 1.29 bits per heavy atom. The minimum absolute atomic E-state index is 0.135. The van der Waals surface area contributed by atoms with Gasteiger partial charge >= 0.3 is 0 Å². The minimum atomic E-state index is -1.55. The molecule has 0 aromatic carbocycles. The third-order valence-corrected chi connectivity index (χ3v) is 13.4. The fraction of sp³-hybridized carbons (Fsp3) is 0.944. The van der Waals surface area contributed by atoms with Gasteiger partial charge in [0.15, 0.2) is 6.29 Å². The van der Waals surface area contributed by atoms with E-state index in [2.05, 4.69) is 31.3 Å². The van der Waals surface area contributed by atoms with Gasteiger partial charge in [0.1, 0.15) is 24.4 Å². The van der Waals surface area contributed by atoms with Crippen LogP contribution in [-0.2, 0) is 14.3 Å². The van der Waals surface area contributed by atoms with Crippen LogP contribution in [0, 0.1) is 0 Å². The highest BCUT2D eigenvalue weighted by atomic mass is 16.7. The third kappa shape index (κ3) is 34.8. The summed E-state index contributed by atoms with van der Waals surface area (Å²) in [5, 5.41) is 54.6. The van der Waals surface area contributed by atoms with Crippen molar-refractivity contribution in [1.82, 2.24) is 5.32 Å². The largest absolute Gasteiger partial charge is 0.394 e. The quantitative estimate of drug-likeness (QED) is 0.0261. The molecular weight excluding hydrogens is 791 g/mol. The van der Waals surface area contributed by atoms with Crippen LogP contribution < -0.4 is 5.32 Å². The van der Waals surface area contributed by atoms with Crippen LogP contribution in [-0.4, -0.2) is 87.5 Å². The Balaban J connectivity index is 2.21. The standard InChI is InChI=1S/C54H105NO8/c1-3-5-7-9-11-13-15-17-19-21-22-23-24-25-26-27-28-30-32-34-36-38-40-42-44-50(58)55-47(46-62-54-53(61)52(60)51(59)49(45-56)63-54)48(57)43-41-39-37-35-33-31-29-20-18-16-14-12-10-8-6-4-2/h25-26,47-49,51-54,56-57,59-61H,3-24,27-46H2,1-2H3,(H,55,58)/b26-25-. The predicted octanol–water partition coefficient (Wildman–Crippen LogP) is 12.8. The molecular formula is C54H105NO8. The molecule has 1 heterocycles. The molecule has 1 rings (SSSR count). The summed E-state index contributed by atoms with van der Waals surface area (Å²) in [6.07, 6.45) is 46.6. The zero-order chi connectivity index (χ0) is 45.9. The molecule has 0 aromatic heterocycles. The number of aliphatic hydroxyl groups excluding tert-OH is 5. The number of aliphatic hydroxyl groups is 5. The van der Waals surface area contributed by atoms with Gasteiger partial charge in [-0.1, -0.05) is 238 Å². The normalized spacial score (nSPS) is 20.1. The zero-order valence-corrected chi connectivity index (χ0v) is 41.4. The Kier molecular flexibility index (Phi) is 42.6. The van der Waals surface area contributed by atoms with Crippen molar-refractivity contribution in [2.45, 2.75) is 314 Å².